The van der Waals surface area contributed by atoms with Crippen molar-refractivity contribution in [2.75, 3.05) is 13.1 Å². The summed E-state index contributed by atoms with van der Waals surface area (Å²) < 4.78 is 32.6. The average Bonchev–Trinajstić information content (AvgIpc) is 2.54. The second-order valence-electron chi connectivity index (χ2n) is 9.79. The van der Waals surface area contributed by atoms with Crippen molar-refractivity contribution in [3.63, 3.8) is 0 Å². The lowest BCUT2D eigenvalue weighted by atomic mass is 9.40. The highest BCUT2D eigenvalue weighted by atomic mass is 19.1. The second kappa shape index (κ2) is 4.88. The summed E-state index contributed by atoms with van der Waals surface area (Å²) in [6.45, 7) is 13.9. The Morgan fingerprint density at radius 3 is 2.04 bits per heavy atom. The van der Waals surface area contributed by atoms with E-state index in [1.54, 1.807) is 0 Å². The predicted octanol–water partition coefficient (Wildman–Crippen LogP) is 3.57. The quantitative estimate of drug-likeness (QED) is 0.684. The van der Waals surface area contributed by atoms with Crippen molar-refractivity contribution >= 4 is 13.2 Å². The van der Waals surface area contributed by atoms with E-state index in [0.29, 0.717) is 19.4 Å². The van der Waals surface area contributed by atoms with Crippen LogP contribution in [0, 0.1) is 0 Å². The van der Waals surface area contributed by atoms with E-state index >= 15 is 0 Å². The number of hydrogen-bond donors (Lipinski definition) is 0. The molecule has 1 amide bonds. The molecule has 0 N–H and O–H groups in total. The van der Waals surface area contributed by atoms with E-state index in [4.69, 9.17) is 14.0 Å². The number of piperidine rings is 2. The molecule has 0 atom stereocenters. The lowest BCUT2D eigenvalue weighted by Gasteiger charge is -2.59. The Hall–Kier alpha value is -0.815. The molecule has 2 bridgehead atoms. The third-order valence-corrected chi connectivity index (χ3v) is 5.72. The summed E-state index contributed by atoms with van der Waals surface area (Å²) in [7, 11) is -0.503. The first-order valence-electron chi connectivity index (χ1n) is 8.70. The Morgan fingerprint density at radius 2 is 1.58 bits per heavy atom. The molecule has 5 nitrogen and oxygen atoms in total. The highest BCUT2D eigenvalue weighted by Crippen LogP contribution is 2.64. The van der Waals surface area contributed by atoms with Crippen LogP contribution in [0.1, 0.15) is 61.3 Å². The number of ether oxygens (including phenoxy) is 1. The molecule has 1 saturated carbocycles. The molecule has 3 saturated heterocycles. The van der Waals surface area contributed by atoms with Gasteiger partial charge in [0.2, 0.25) is 0 Å². The van der Waals surface area contributed by atoms with E-state index < -0.39 is 41.0 Å². The molecule has 0 spiro atoms. The van der Waals surface area contributed by atoms with E-state index in [2.05, 4.69) is 0 Å². The van der Waals surface area contributed by atoms with E-state index in [1.807, 2.05) is 48.5 Å². The van der Waals surface area contributed by atoms with E-state index in [1.165, 1.54) is 4.90 Å². The van der Waals surface area contributed by atoms with E-state index in [9.17, 15) is 9.18 Å². The molecule has 0 radical (unpaired) electrons. The lowest BCUT2D eigenvalue weighted by Crippen LogP contribution is -2.67. The van der Waals surface area contributed by atoms with Crippen molar-refractivity contribution in [2.45, 2.75) is 89.1 Å². The maximum Gasteiger partial charge on any atom is 0.466 e. The number of hydrogen-bond acceptors (Lipinski definition) is 4. The highest BCUT2D eigenvalue weighted by Gasteiger charge is 2.71. The maximum atomic E-state index is 14.9. The standard InChI is InChI=1S/C17H29BFNO4/c1-13(2,3)22-12(21)20-10-16(8-17(19,9-16)11-20)18-23-14(4,5)15(6,7)24-18/h8-11H2,1-7H3. The van der Waals surface area contributed by atoms with Gasteiger partial charge in [-0.2, -0.15) is 0 Å². The number of rotatable bonds is 1. The van der Waals surface area contributed by atoms with Gasteiger partial charge in [-0.05, 0) is 61.3 Å². The van der Waals surface area contributed by atoms with E-state index in [0.717, 1.165) is 0 Å². The minimum atomic E-state index is -1.36. The van der Waals surface area contributed by atoms with Gasteiger partial charge in [0, 0.05) is 11.9 Å². The van der Waals surface area contributed by atoms with Crippen molar-refractivity contribution in [3.8, 4) is 0 Å². The SMILES string of the molecule is CC(C)(C)OC(=O)N1CC2(F)CC(B3OC(C)(C)C(C)(C)O3)(C1)C2. The smallest absolute Gasteiger partial charge is 0.444 e. The molecule has 3 heterocycles. The molecule has 0 aromatic rings. The summed E-state index contributed by atoms with van der Waals surface area (Å²) in [6.07, 6.45) is 0.275. The number of amides is 1. The molecule has 4 rings (SSSR count). The summed E-state index contributed by atoms with van der Waals surface area (Å²) in [6, 6.07) is 0. The van der Waals surface area contributed by atoms with Crippen LogP contribution in [0.3, 0.4) is 0 Å². The van der Waals surface area contributed by atoms with Gasteiger partial charge in [0.1, 0.15) is 11.3 Å². The Morgan fingerprint density at radius 1 is 1.08 bits per heavy atom. The Labute approximate surface area is 144 Å². The number of fused-ring (bicyclic) bond motifs is 2. The van der Waals surface area contributed by atoms with Crippen LogP contribution in [0.15, 0.2) is 0 Å². The fourth-order valence-corrected chi connectivity index (χ4v) is 4.00. The molecule has 136 valence electrons. The fraction of sp³-hybridized carbons (Fsp3) is 0.941. The van der Waals surface area contributed by atoms with Crippen molar-refractivity contribution in [1.29, 1.82) is 0 Å². The van der Waals surface area contributed by atoms with Gasteiger partial charge in [0.15, 0.2) is 0 Å². The highest BCUT2D eigenvalue weighted by molar-refractivity contribution is 6.50. The van der Waals surface area contributed by atoms with Gasteiger partial charge < -0.3 is 18.9 Å². The van der Waals surface area contributed by atoms with Crippen LogP contribution in [0.5, 0.6) is 0 Å². The third kappa shape index (κ3) is 2.83. The van der Waals surface area contributed by atoms with Crippen molar-refractivity contribution < 1.29 is 23.2 Å². The summed E-state index contributed by atoms with van der Waals surface area (Å²) in [5.74, 6) is 0. The van der Waals surface area contributed by atoms with E-state index in [-0.39, 0.29) is 6.54 Å². The van der Waals surface area contributed by atoms with Crippen LogP contribution in [-0.2, 0) is 14.0 Å². The normalized spacial score (nSPS) is 37.2. The molecule has 0 aromatic heterocycles. The molecule has 24 heavy (non-hydrogen) atoms. The molecule has 7 heteroatoms. The van der Waals surface area contributed by atoms with Crippen LogP contribution >= 0.6 is 0 Å². The summed E-state index contributed by atoms with van der Waals surface area (Å²) in [5, 5.41) is -0.491. The van der Waals surface area contributed by atoms with Gasteiger partial charge in [-0.15, -0.1) is 0 Å². The van der Waals surface area contributed by atoms with Gasteiger partial charge in [0.05, 0.1) is 17.7 Å². The minimum absolute atomic E-state index is 0.0865. The van der Waals surface area contributed by atoms with Gasteiger partial charge in [-0.3, -0.25) is 0 Å². The number of halogens is 1. The lowest BCUT2D eigenvalue weighted by molar-refractivity contribution is -0.0886. The maximum absolute atomic E-state index is 14.9. The second-order valence-corrected chi connectivity index (χ2v) is 9.79. The largest absolute Gasteiger partial charge is 0.466 e. The van der Waals surface area contributed by atoms with Crippen LogP contribution in [0.25, 0.3) is 0 Å². The zero-order valence-electron chi connectivity index (χ0n) is 15.9. The van der Waals surface area contributed by atoms with Gasteiger partial charge in [-0.1, -0.05) is 0 Å². The molecule has 4 aliphatic rings. The first-order valence-corrected chi connectivity index (χ1v) is 8.70. The molecule has 0 aromatic carbocycles. The molecular formula is C17H29BFNO4. The Bertz CT molecular complexity index is 535. The fourth-order valence-electron chi connectivity index (χ4n) is 4.00. The molecule has 3 aliphatic heterocycles. The van der Waals surface area contributed by atoms with Crippen molar-refractivity contribution in [1.82, 2.24) is 4.90 Å². The van der Waals surface area contributed by atoms with Crippen LogP contribution in [0.4, 0.5) is 9.18 Å². The first-order chi connectivity index (χ1) is 10.7. The number of carbonyl (C=O) groups is 1. The summed E-state index contributed by atoms with van der Waals surface area (Å²) in [5.41, 5.74) is -2.89. The minimum Gasteiger partial charge on any atom is -0.444 e. The first kappa shape index (κ1) is 18.0. The molecule has 0 unspecified atom stereocenters. The van der Waals surface area contributed by atoms with Crippen molar-refractivity contribution in [3.05, 3.63) is 0 Å². The molecular weight excluding hydrogens is 312 g/mol. The predicted molar refractivity (Wildman–Crippen MR) is 89.7 cm³/mol. The average molecular weight is 341 g/mol. The summed E-state index contributed by atoms with van der Waals surface area (Å²) >= 11 is 0. The van der Waals surface area contributed by atoms with Crippen LogP contribution in [0.2, 0.25) is 5.31 Å². The van der Waals surface area contributed by atoms with Gasteiger partial charge >= 0.3 is 13.2 Å². The summed E-state index contributed by atoms with van der Waals surface area (Å²) in [4.78, 5) is 13.9. The number of carbonyl (C=O) groups excluding carboxylic acids is 1. The number of alkyl halides is 1. The zero-order chi connectivity index (χ0) is 18.2. The number of nitrogens with zero attached hydrogens (tertiary/aromatic N) is 1. The molecule has 1 aliphatic carbocycles. The molecule has 4 fully saturated rings. The Kier molecular flexibility index (Phi) is 3.66. The zero-order valence-corrected chi connectivity index (χ0v) is 15.9. The van der Waals surface area contributed by atoms with Crippen LogP contribution < -0.4 is 0 Å². The van der Waals surface area contributed by atoms with Crippen molar-refractivity contribution in [2.24, 2.45) is 0 Å². The van der Waals surface area contributed by atoms with Gasteiger partial charge in [0.25, 0.3) is 0 Å². The van der Waals surface area contributed by atoms with Gasteiger partial charge in [-0.25, -0.2) is 9.18 Å². The monoisotopic (exact) mass is 341 g/mol. The topological polar surface area (TPSA) is 48.0 Å². The van der Waals surface area contributed by atoms with Crippen LogP contribution in [-0.4, -0.2) is 53.7 Å². The third-order valence-electron chi connectivity index (χ3n) is 5.72. The Balaban J connectivity index is 1.77.